The van der Waals surface area contributed by atoms with Crippen LogP contribution in [0.1, 0.15) is 22.3 Å². The minimum absolute atomic E-state index is 0.0699. The van der Waals surface area contributed by atoms with Crippen LogP contribution in [-0.2, 0) is 25.2 Å². The van der Waals surface area contributed by atoms with Crippen LogP contribution in [-0.4, -0.2) is 22.5 Å². The lowest BCUT2D eigenvalue weighted by atomic mass is 9.59. The zero-order chi connectivity index (χ0) is 33.4. The van der Waals surface area contributed by atoms with E-state index >= 15 is 14.4 Å². The zero-order valence-corrected chi connectivity index (χ0v) is 26.6. The number of nitro benzene ring substituents is 1. The van der Waals surface area contributed by atoms with Gasteiger partial charge < -0.3 is 0 Å². The fourth-order valence-electron chi connectivity index (χ4n) is 8.36. The van der Waals surface area contributed by atoms with Gasteiger partial charge in [0.25, 0.3) is 5.69 Å². The Morgan fingerprint density at radius 3 is 1.44 bits per heavy atom. The third kappa shape index (κ3) is 3.86. The van der Waals surface area contributed by atoms with Crippen molar-refractivity contribution >= 4 is 63.3 Å². The van der Waals surface area contributed by atoms with E-state index in [-0.39, 0.29) is 17.2 Å². The molecule has 3 aliphatic rings. The average Bonchev–Trinajstić information content (AvgIpc) is 3.61. The number of fused-ring (bicyclic) bond motifs is 5. The molecule has 5 aromatic carbocycles. The first-order valence-corrected chi connectivity index (χ1v) is 16.0. The number of anilines is 1. The number of amides is 2. The molecule has 9 heteroatoms. The second-order valence-electron chi connectivity index (χ2n) is 12.2. The van der Waals surface area contributed by atoms with Crippen LogP contribution >= 0.6 is 23.2 Å². The molecule has 5 aromatic rings. The Morgan fingerprint density at radius 2 is 1.02 bits per heavy atom. The second-order valence-corrected chi connectivity index (χ2v) is 13.1. The summed E-state index contributed by atoms with van der Waals surface area (Å²) in [5.41, 5.74) is 0.278. The summed E-state index contributed by atoms with van der Waals surface area (Å²) in [4.78, 5) is 58.2. The van der Waals surface area contributed by atoms with Crippen molar-refractivity contribution in [3.8, 4) is 0 Å². The topological polar surface area (TPSA) is 97.6 Å². The summed E-state index contributed by atoms with van der Waals surface area (Å²) < 4.78 is 0. The van der Waals surface area contributed by atoms with E-state index in [1.54, 1.807) is 48.5 Å². The van der Waals surface area contributed by atoms with Crippen LogP contribution in [0.5, 0.6) is 0 Å². The maximum Gasteiger partial charge on any atom is 0.271 e. The highest BCUT2D eigenvalue weighted by Crippen LogP contribution is 2.74. The SMILES string of the molecule is O=C1[C@@H]2[C@H](C(=O)N1c1cccc([N+](=O)[O-])c1)[C@@]1(c3ccc(Cl)cc3)C(=O)[C@@]2(c2ccc(Cl)cc2)C(c2ccccc2)=C1c1ccccc1. The van der Waals surface area contributed by atoms with Crippen LogP contribution in [0.4, 0.5) is 11.4 Å². The molecule has 2 amide bonds. The summed E-state index contributed by atoms with van der Waals surface area (Å²) in [6, 6.07) is 38.1. The normalized spacial score (nSPS) is 24.4. The highest BCUT2D eigenvalue weighted by Gasteiger charge is 2.82. The smallest absolute Gasteiger partial charge is 0.271 e. The van der Waals surface area contributed by atoms with E-state index in [9.17, 15) is 10.1 Å². The van der Waals surface area contributed by atoms with Crippen molar-refractivity contribution in [2.24, 2.45) is 11.8 Å². The Morgan fingerprint density at radius 1 is 0.583 bits per heavy atom. The lowest BCUT2D eigenvalue weighted by molar-refractivity contribution is -0.384. The maximum absolute atomic E-state index is 15.9. The number of ketones is 1. The van der Waals surface area contributed by atoms with Gasteiger partial charge in [-0.15, -0.1) is 0 Å². The van der Waals surface area contributed by atoms with Crippen LogP contribution in [0.25, 0.3) is 11.1 Å². The van der Waals surface area contributed by atoms with E-state index in [2.05, 4.69) is 0 Å². The molecule has 48 heavy (non-hydrogen) atoms. The number of nitro groups is 1. The zero-order valence-electron chi connectivity index (χ0n) is 25.0. The maximum atomic E-state index is 15.9. The molecule has 2 aliphatic carbocycles. The van der Waals surface area contributed by atoms with Crippen molar-refractivity contribution in [2.75, 3.05) is 4.90 Å². The van der Waals surface area contributed by atoms with Gasteiger partial charge in [0.1, 0.15) is 0 Å². The fraction of sp³-hybridized carbons (Fsp3) is 0.103. The van der Waals surface area contributed by atoms with E-state index in [0.717, 1.165) is 16.0 Å². The second kappa shape index (κ2) is 10.8. The Hall–Kier alpha value is -5.37. The van der Waals surface area contributed by atoms with Gasteiger partial charge in [0.15, 0.2) is 5.78 Å². The van der Waals surface area contributed by atoms with Crippen molar-refractivity contribution in [2.45, 2.75) is 10.8 Å². The summed E-state index contributed by atoms with van der Waals surface area (Å²) >= 11 is 12.8. The van der Waals surface area contributed by atoms with Crippen LogP contribution in [0.2, 0.25) is 10.0 Å². The molecule has 1 heterocycles. The molecule has 234 valence electrons. The lowest BCUT2D eigenvalue weighted by Gasteiger charge is -2.39. The molecule has 4 atom stereocenters. The number of benzene rings is 5. The number of nitrogens with zero attached hydrogens (tertiary/aromatic N) is 2. The first-order chi connectivity index (χ1) is 23.2. The highest BCUT2D eigenvalue weighted by molar-refractivity contribution is 6.39. The molecule has 0 radical (unpaired) electrons. The first-order valence-electron chi connectivity index (χ1n) is 15.3. The quantitative estimate of drug-likeness (QED) is 0.103. The molecule has 1 saturated heterocycles. The van der Waals surface area contributed by atoms with Crippen molar-refractivity contribution in [3.63, 3.8) is 0 Å². The van der Waals surface area contributed by atoms with Crippen LogP contribution < -0.4 is 4.90 Å². The monoisotopic (exact) mass is 670 g/mol. The van der Waals surface area contributed by atoms with Gasteiger partial charge in [0.2, 0.25) is 11.8 Å². The van der Waals surface area contributed by atoms with E-state index in [1.165, 1.54) is 24.3 Å². The van der Waals surface area contributed by atoms with Gasteiger partial charge in [-0.05, 0) is 63.7 Å². The molecule has 2 fully saturated rings. The molecule has 0 aromatic heterocycles. The van der Waals surface area contributed by atoms with E-state index in [0.29, 0.717) is 32.3 Å². The van der Waals surface area contributed by atoms with Gasteiger partial charge in [-0.1, -0.05) is 114 Å². The molecule has 2 bridgehead atoms. The number of imide groups is 1. The number of halogens is 2. The van der Waals surface area contributed by atoms with Crippen LogP contribution in [0.3, 0.4) is 0 Å². The van der Waals surface area contributed by atoms with Crippen molar-refractivity contribution in [3.05, 3.63) is 176 Å². The third-order valence-electron chi connectivity index (χ3n) is 10.0. The van der Waals surface area contributed by atoms with Crippen molar-refractivity contribution in [1.29, 1.82) is 0 Å². The Balaban J connectivity index is 1.54. The summed E-state index contributed by atoms with van der Waals surface area (Å²) in [7, 11) is 0. The fourth-order valence-corrected chi connectivity index (χ4v) is 8.61. The number of carbonyl (C=O) groups is 3. The number of Topliss-reactive ketones (excluding diaryl/α,β-unsaturated/α-hetero) is 1. The first kappa shape index (κ1) is 30.0. The molecule has 0 N–H and O–H groups in total. The average molecular weight is 672 g/mol. The molecule has 0 spiro atoms. The minimum Gasteiger partial charge on any atom is -0.297 e. The predicted molar refractivity (Wildman–Crippen MR) is 184 cm³/mol. The molecular weight excluding hydrogens is 647 g/mol. The molecule has 8 rings (SSSR count). The van der Waals surface area contributed by atoms with Crippen LogP contribution in [0, 0.1) is 22.0 Å². The Labute approximate surface area is 285 Å². The number of hydrogen-bond donors (Lipinski definition) is 0. The number of carbonyl (C=O) groups excluding carboxylic acids is 3. The predicted octanol–water partition coefficient (Wildman–Crippen LogP) is 8.09. The molecule has 0 unspecified atom stereocenters. The van der Waals surface area contributed by atoms with Gasteiger partial charge in [-0.3, -0.25) is 24.5 Å². The molecular formula is C39H24Cl2N2O5. The molecule has 7 nitrogen and oxygen atoms in total. The highest BCUT2D eigenvalue weighted by atomic mass is 35.5. The summed E-state index contributed by atoms with van der Waals surface area (Å²) in [6.07, 6.45) is 0. The standard InChI is InChI=1S/C39H24Cl2N2O5/c40-27-18-14-25(15-19-27)38-31(23-8-3-1-4-9-23)32(24-10-5-2-6-11-24)39(37(38)46,26-16-20-28(41)21-17-26)34-33(38)35(44)42(36(34)45)29-12-7-13-30(22-29)43(47)48/h1-22,33-34H/t33-,34+,38-,39-/m0/s1. The number of rotatable bonds is 6. The third-order valence-corrected chi connectivity index (χ3v) is 10.5. The van der Waals surface area contributed by atoms with Crippen molar-refractivity contribution < 1.29 is 19.3 Å². The lowest BCUT2D eigenvalue weighted by Crippen LogP contribution is -2.45. The Kier molecular flexibility index (Phi) is 6.77. The summed E-state index contributed by atoms with van der Waals surface area (Å²) in [5, 5.41) is 12.6. The van der Waals surface area contributed by atoms with Gasteiger partial charge >= 0.3 is 0 Å². The van der Waals surface area contributed by atoms with E-state index in [4.69, 9.17) is 23.2 Å². The number of allylic oxidation sites excluding steroid dienone is 2. The summed E-state index contributed by atoms with van der Waals surface area (Å²) in [5.74, 6) is -3.88. The van der Waals surface area contributed by atoms with E-state index in [1.807, 2.05) is 60.7 Å². The Bertz CT molecular complexity index is 2080. The summed E-state index contributed by atoms with van der Waals surface area (Å²) in [6.45, 7) is 0. The van der Waals surface area contributed by atoms with Crippen LogP contribution in [0.15, 0.2) is 133 Å². The van der Waals surface area contributed by atoms with E-state index < -0.39 is 39.4 Å². The number of hydrogen-bond acceptors (Lipinski definition) is 5. The van der Waals surface area contributed by atoms with Gasteiger partial charge in [-0.25, -0.2) is 4.90 Å². The van der Waals surface area contributed by atoms with Gasteiger partial charge in [0, 0.05) is 22.2 Å². The minimum atomic E-state index is -1.64. The van der Waals surface area contributed by atoms with Gasteiger partial charge in [0.05, 0.1) is 33.3 Å². The molecule has 1 aliphatic heterocycles. The molecule has 1 saturated carbocycles. The number of non-ortho nitro benzene ring substituents is 1. The van der Waals surface area contributed by atoms with Gasteiger partial charge in [-0.2, -0.15) is 0 Å². The van der Waals surface area contributed by atoms with Crippen molar-refractivity contribution in [1.82, 2.24) is 0 Å². The largest absolute Gasteiger partial charge is 0.297 e.